The fraction of sp³-hybridized carbons (Fsp3) is 0.308. The van der Waals surface area contributed by atoms with E-state index in [1.54, 1.807) is 76.2 Å². The second-order valence-electron chi connectivity index (χ2n) is 17.1. The van der Waals surface area contributed by atoms with Crippen molar-refractivity contribution in [3.05, 3.63) is 153 Å². The molecule has 0 aliphatic rings. The van der Waals surface area contributed by atoms with E-state index in [2.05, 4.69) is 41.1 Å². The molecule has 0 bridgehead atoms. The van der Waals surface area contributed by atoms with E-state index < -0.39 is 6.04 Å². The van der Waals surface area contributed by atoms with Gasteiger partial charge in [0, 0.05) is 80.5 Å². The van der Waals surface area contributed by atoms with Crippen molar-refractivity contribution >= 4 is 34.7 Å². The summed E-state index contributed by atoms with van der Waals surface area (Å²) in [7, 11) is 0. The van der Waals surface area contributed by atoms with Crippen molar-refractivity contribution in [1.82, 2.24) is 20.4 Å². The Morgan fingerprint density at radius 1 is 0.500 bits per heavy atom. The molecule has 0 aromatic heterocycles. The average Bonchev–Trinajstić information content (AvgIpc) is 3.36. The van der Waals surface area contributed by atoms with E-state index in [0.29, 0.717) is 48.2 Å². The number of hydrogen-bond acceptors (Lipinski definition) is 16. The summed E-state index contributed by atoms with van der Waals surface area (Å²) in [6, 6.07) is 28.9. The van der Waals surface area contributed by atoms with E-state index in [1.165, 1.54) is 24.3 Å². The Kier molecular flexibility index (Phi) is 19.7. The van der Waals surface area contributed by atoms with Crippen LogP contribution in [0, 0.1) is 0 Å². The lowest BCUT2D eigenvalue weighted by molar-refractivity contribution is -0.121. The zero-order valence-corrected chi connectivity index (χ0v) is 39.7. The maximum atomic E-state index is 13.7. The largest absolute Gasteiger partial charge is 0.507 e. The van der Waals surface area contributed by atoms with Gasteiger partial charge in [0.2, 0.25) is 11.8 Å². The number of carbonyl (C=O) groups excluding carboxylic acids is 2. The first-order valence-electron chi connectivity index (χ1n) is 22.7. The highest BCUT2D eigenvalue weighted by Gasteiger charge is 2.26. The van der Waals surface area contributed by atoms with Crippen molar-refractivity contribution in [3.8, 4) is 23.0 Å². The molecule has 0 saturated heterocycles. The number of hydrogen-bond donors (Lipinski definition) is 10. The molecule has 0 fully saturated rings. The molecule has 0 radical (unpaired) electrons. The summed E-state index contributed by atoms with van der Waals surface area (Å²) >= 11 is 0. The van der Waals surface area contributed by atoms with Crippen LogP contribution in [0.4, 0.5) is 0 Å². The molecule has 18 heteroatoms. The summed E-state index contributed by atoms with van der Waals surface area (Å²) in [6.07, 6.45) is 1.12. The number of carbonyl (C=O) groups is 2. The minimum Gasteiger partial charge on any atom is -0.507 e. The lowest BCUT2D eigenvalue weighted by atomic mass is 10.0. The lowest BCUT2D eigenvalue weighted by Gasteiger charge is -2.36. The maximum absolute atomic E-state index is 13.7. The van der Waals surface area contributed by atoms with E-state index >= 15 is 0 Å². The fourth-order valence-electron chi connectivity index (χ4n) is 8.05. The third-order valence-corrected chi connectivity index (χ3v) is 11.9. The third kappa shape index (κ3) is 15.3. The molecular weight excluding hydrogens is 897 g/mol. The van der Waals surface area contributed by atoms with E-state index in [4.69, 9.17) is 0 Å². The smallest absolute Gasteiger partial charge is 0.224 e. The first-order valence-corrected chi connectivity index (χ1v) is 22.7. The lowest BCUT2D eigenvalue weighted by Crippen LogP contribution is -2.44. The van der Waals surface area contributed by atoms with Crippen molar-refractivity contribution < 1.29 is 50.8 Å². The number of aromatic hydroxyl groups is 4. The van der Waals surface area contributed by atoms with Crippen LogP contribution in [0.3, 0.4) is 0 Å². The number of phenols is 4. The molecule has 70 heavy (non-hydrogen) atoms. The van der Waals surface area contributed by atoms with Crippen LogP contribution in [0.15, 0.2) is 124 Å². The Morgan fingerprint density at radius 3 is 1.26 bits per heavy atom. The van der Waals surface area contributed by atoms with Crippen LogP contribution in [0.1, 0.15) is 97.0 Å². The van der Waals surface area contributed by atoms with E-state index in [9.17, 15) is 50.8 Å². The molecule has 10 N–H and O–H groups in total. The summed E-state index contributed by atoms with van der Waals surface area (Å²) < 4.78 is 0. The number of amides is 2. The quantitative estimate of drug-likeness (QED) is 0.0129. The van der Waals surface area contributed by atoms with Crippen LogP contribution in [-0.4, -0.2) is 111 Å². The molecule has 5 aromatic carbocycles. The number of nitrogens with one attached hydrogen (secondary N) is 2. The summed E-state index contributed by atoms with van der Waals surface area (Å²) in [5.74, 6) is -0.688. The minimum absolute atomic E-state index is 0.0780. The first-order chi connectivity index (χ1) is 33.6. The third-order valence-electron chi connectivity index (χ3n) is 11.9. The Bertz CT molecular complexity index is 2570. The number of nitrogens with zero attached hydrogens (tertiary/aromatic N) is 6. The Morgan fingerprint density at radius 2 is 0.871 bits per heavy atom. The minimum atomic E-state index is -0.451. The fourth-order valence-corrected chi connectivity index (χ4v) is 8.05. The van der Waals surface area contributed by atoms with Crippen molar-refractivity contribution in [2.75, 3.05) is 19.6 Å². The van der Waals surface area contributed by atoms with Gasteiger partial charge in [-0.1, -0.05) is 75.2 Å². The Balaban J connectivity index is 1.54. The summed E-state index contributed by atoms with van der Waals surface area (Å²) in [6.45, 7) is 8.23. The Hall–Kier alpha value is -7.96. The van der Waals surface area contributed by atoms with Gasteiger partial charge in [0.25, 0.3) is 0 Å². The van der Waals surface area contributed by atoms with Crippen molar-refractivity contribution in [3.63, 3.8) is 0 Å². The van der Waals surface area contributed by atoms with Gasteiger partial charge >= 0.3 is 0 Å². The van der Waals surface area contributed by atoms with Crippen molar-refractivity contribution in [2.24, 2.45) is 20.6 Å². The highest BCUT2D eigenvalue weighted by atomic mass is 16.4. The van der Waals surface area contributed by atoms with Gasteiger partial charge in [-0.05, 0) is 117 Å². The number of benzene rings is 5. The topological polar surface area (TPSA) is 276 Å². The molecule has 1 unspecified atom stereocenters. The highest BCUT2D eigenvalue weighted by molar-refractivity contribution is 6.02. The molecule has 5 rings (SSSR count). The maximum Gasteiger partial charge on any atom is 0.224 e. The Labute approximate surface area is 406 Å². The summed E-state index contributed by atoms with van der Waals surface area (Å²) in [4.78, 5) is 30.5. The van der Waals surface area contributed by atoms with Gasteiger partial charge in [0.05, 0.1) is 29.3 Å². The zero-order valence-electron chi connectivity index (χ0n) is 39.7. The molecule has 0 aliphatic carbocycles. The molecule has 0 saturated carbocycles. The second-order valence-corrected chi connectivity index (χ2v) is 17.1. The predicted molar refractivity (Wildman–Crippen MR) is 266 cm³/mol. The number of rotatable bonds is 24. The predicted octanol–water partition coefficient (Wildman–Crippen LogP) is 7.02. The van der Waals surface area contributed by atoms with Gasteiger partial charge < -0.3 is 51.9 Å². The molecule has 5 aromatic rings. The number of phenolic OH excluding ortho intramolecular Hbond substituents is 4. The van der Waals surface area contributed by atoms with Gasteiger partial charge in [0.15, 0.2) is 0 Å². The van der Waals surface area contributed by atoms with Gasteiger partial charge in [-0.3, -0.25) is 19.4 Å². The molecular formula is C52H62N8O10. The molecule has 370 valence electrons. The molecule has 1 atom stereocenters. The van der Waals surface area contributed by atoms with E-state index in [1.807, 2.05) is 30.3 Å². The number of oxime groups is 4. The van der Waals surface area contributed by atoms with Crippen LogP contribution < -0.4 is 10.6 Å². The van der Waals surface area contributed by atoms with Crippen LogP contribution in [-0.2, 0) is 42.2 Å². The molecule has 18 nitrogen and oxygen atoms in total. The van der Waals surface area contributed by atoms with Crippen LogP contribution >= 0.6 is 0 Å². The first kappa shape index (κ1) is 53.0. The molecule has 2 amide bonds. The van der Waals surface area contributed by atoms with Gasteiger partial charge in [0.1, 0.15) is 23.0 Å². The van der Waals surface area contributed by atoms with Crippen LogP contribution in [0.2, 0.25) is 0 Å². The van der Waals surface area contributed by atoms with Crippen molar-refractivity contribution in [2.45, 2.75) is 85.6 Å². The van der Waals surface area contributed by atoms with Crippen LogP contribution in [0.25, 0.3) is 0 Å². The van der Waals surface area contributed by atoms with E-state index in [-0.39, 0.29) is 103 Å². The van der Waals surface area contributed by atoms with Crippen molar-refractivity contribution in [1.29, 1.82) is 0 Å². The monoisotopic (exact) mass is 958 g/mol. The summed E-state index contributed by atoms with van der Waals surface area (Å²) in [5, 5.41) is 101. The van der Waals surface area contributed by atoms with Crippen LogP contribution in [0.5, 0.6) is 23.0 Å². The average molecular weight is 959 g/mol. The SMILES string of the molecule is C/C(=N\O)c1cc(CN(Cc2ccc(O)c(/C(C)=N/O)c2)CC(CCC(=O)NCCCNC(=O)Cc2ccccc2)N(Cc2ccc(O)c(/C(C)=N/O)c2)Cc2ccc(O)c(/C(C)=N/O)c2)ccc1O. The zero-order chi connectivity index (χ0) is 50.7. The van der Waals surface area contributed by atoms with Gasteiger partial charge in [-0.15, -0.1) is 0 Å². The second kappa shape index (κ2) is 26.0. The normalized spacial score (nSPS) is 12.9. The van der Waals surface area contributed by atoms with Gasteiger partial charge in [-0.25, -0.2) is 0 Å². The highest BCUT2D eigenvalue weighted by Crippen LogP contribution is 2.28. The summed E-state index contributed by atoms with van der Waals surface area (Å²) in [5.41, 5.74) is 5.86. The molecule has 0 aliphatic heterocycles. The molecule has 0 spiro atoms. The standard InChI is InChI=1S/C52H62N8O10/c1-33(55-67)43-23-38(11-16-47(43)61)28-59(29-39-12-17-48(62)44(24-39)34(2)56-68)32-42(15-20-51(65)53-21-8-22-54-52(66)27-37-9-6-5-7-10-37)60(30-40-13-18-49(63)45(25-40)35(3)57-69)31-41-14-19-50(64)46(26-41)36(4)58-70/h5-7,9-14,16-19,23-26,42,61-64,67-70H,8,15,20-22,27-32H2,1-4H3,(H,53,65)(H,54,66)/b55-33+,56-34+,57-35+,58-36+. The molecule has 0 heterocycles. The van der Waals surface area contributed by atoms with E-state index in [0.717, 1.165) is 27.8 Å². The van der Waals surface area contributed by atoms with Gasteiger partial charge in [-0.2, -0.15) is 0 Å².